The summed E-state index contributed by atoms with van der Waals surface area (Å²) in [6.07, 6.45) is 3.23. The van der Waals surface area contributed by atoms with Crippen LogP contribution < -0.4 is 10.4 Å². The van der Waals surface area contributed by atoms with Crippen molar-refractivity contribution >= 4 is 5.57 Å². The highest BCUT2D eigenvalue weighted by Crippen LogP contribution is 2.26. The molecular weight excluding hydrogens is 352 g/mol. The van der Waals surface area contributed by atoms with Gasteiger partial charge in [0.2, 0.25) is 0 Å². The van der Waals surface area contributed by atoms with E-state index in [1.165, 1.54) is 20.5 Å². The molecule has 1 aromatic heterocycles. The van der Waals surface area contributed by atoms with Gasteiger partial charge in [-0.2, -0.15) is 9.36 Å². The highest BCUT2D eigenvalue weighted by molar-refractivity contribution is 5.65. The number of allylic oxidation sites excluding steroid dienone is 2. The molecule has 0 aliphatic rings. The van der Waals surface area contributed by atoms with Gasteiger partial charge >= 0.3 is 5.69 Å². The third kappa shape index (κ3) is 3.91. The van der Waals surface area contributed by atoms with E-state index in [1.54, 1.807) is 7.05 Å². The van der Waals surface area contributed by atoms with Crippen molar-refractivity contribution < 1.29 is 4.74 Å². The Hall–Kier alpha value is -3.15. The second kappa shape index (κ2) is 8.25. The smallest absolute Gasteiger partial charge is 0.368 e. The molecule has 0 fully saturated rings. The summed E-state index contributed by atoms with van der Waals surface area (Å²) >= 11 is 0. The Kier molecular flexibility index (Phi) is 5.78. The van der Waals surface area contributed by atoms with Gasteiger partial charge in [-0.15, -0.1) is 0 Å². The Morgan fingerprint density at radius 3 is 2.57 bits per heavy atom. The molecule has 0 atom stereocenters. The average molecular weight is 378 g/mol. The molecule has 2 aromatic carbocycles. The lowest BCUT2D eigenvalue weighted by Crippen LogP contribution is -2.23. The molecule has 6 heteroatoms. The van der Waals surface area contributed by atoms with Crippen molar-refractivity contribution in [2.45, 2.75) is 40.7 Å². The molecule has 0 amide bonds. The van der Waals surface area contributed by atoms with E-state index >= 15 is 0 Å². The van der Waals surface area contributed by atoms with E-state index in [-0.39, 0.29) is 5.69 Å². The van der Waals surface area contributed by atoms with Crippen molar-refractivity contribution in [1.29, 1.82) is 0 Å². The highest BCUT2D eigenvalue weighted by atomic mass is 16.5. The Labute approximate surface area is 165 Å². The number of rotatable bonds is 6. The molecule has 28 heavy (non-hydrogen) atoms. The number of hydrogen-bond acceptors (Lipinski definition) is 4. The maximum absolute atomic E-state index is 12.3. The first-order valence-corrected chi connectivity index (χ1v) is 9.40. The summed E-state index contributed by atoms with van der Waals surface area (Å²) in [5.74, 6) is 0.828. The van der Waals surface area contributed by atoms with Gasteiger partial charge < -0.3 is 4.74 Å². The van der Waals surface area contributed by atoms with E-state index in [1.807, 2.05) is 38.1 Å². The molecule has 0 aliphatic heterocycles. The van der Waals surface area contributed by atoms with Gasteiger partial charge in [0.15, 0.2) is 0 Å². The molecule has 6 nitrogen and oxygen atoms in total. The summed E-state index contributed by atoms with van der Waals surface area (Å²) in [6.45, 7) is 8.64. The van der Waals surface area contributed by atoms with Crippen LogP contribution in [-0.2, 0) is 13.7 Å². The van der Waals surface area contributed by atoms with E-state index in [4.69, 9.17) is 4.74 Å². The van der Waals surface area contributed by atoms with Gasteiger partial charge in [0.25, 0.3) is 0 Å². The van der Waals surface area contributed by atoms with Crippen LogP contribution in [0, 0.1) is 13.8 Å². The molecule has 146 valence electrons. The van der Waals surface area contributed by atoms with Gasteiger partial charge in [0.1, 0.15) is 12.4 Å². The molecule has 1 heterocycles. The van der Waals surface area contributed by atoms with Crippen LogP contribution in [0.3, 0.4) is 0 Å². The molecule has 0 saturated heterocycles. The molecule has 0 aliphatic carbocycles. The van der Waals surface area contributed by atoms with Gasteiger partial charge in [-0.1, -0.05) is 31.2 Å². The number of tetrazole rings is 1. The maximum Gasteiger partial charge on any atom is 0.368 e. The minimum atomic E-state index is -0.287. The monoisotopic (exact) mass is 378 g/mol. The zero-order valence-corrected chi connectivity index (χ0v) is 17.1. The summed E-state index contributed by atoms with van der Waals surface area (Å²) in [5, 5.41) is 7.77. The standard InChI is InChI=1S/C22H26N4O2/c1-6-8-15(2)18-11-12-21(17(4)13-18)28-14-19-16(3)9-7-10-20(19)26-22(27)25(5)23-24-26/h7-13H,6,14H2,1-5H3/b15-8+. The zero-order chi connectivity index (χ0) is 20.3. The van der Waals surface area contributed by atoms with E-state index in [9.17, 15) is 4.79 Å². The Balaban J connectivity index is 1.89. The van der Waals surface area contributed by atoms with Crippen LogP contribution in [0.1, 0.15) is 42.5 Å². The molecule has 0 saturated carbocycles. The summed E-state index contributed by atoms with van der Waals surface area (Å²) in [4.78, 5) is 12.3. The molecular formula is C22H26N4O2. The van der Waals surface area contributed by atoms with Crippen LogP contribution in [-0.4, -0.2) is 19.8 Å². The fraction of sp³-hybridized carbons (Fsp3) is 0.318. The Morgan fingerprint density at radius 2 is 1.93 bits per heavy atom. The molecule has 0 radical (unpaired) electrons. The van der Waals surface area contributed by atoms with Crippen LogP contribution >= 0.6 is 0 Å². The lowest BCUT2D eigenvalue weighted by Gasteiger charge is -2.15. The second-order valence-electron chi connectivity index (χ2n) is 6.93. The highest BCUT2D eigenvalue weighted by Gasteiger charge is 2.14. The predicted octanol–water partition coefficient (Wildman–Crippen LogP) is 3.98. The SMILES string of the molecule is CC/C=C(\C)c1ccc(OCc2c(C)cccc2-n2nnn(C)c2=O)c(C)c1. The van der Waals surface area contributed by atoms with E-state index in [2.05, 4.69) is 42.5 Å². The Bertz CT molecular complexity index is 1080. The average Bonchev–Trinajstić information content (AvgIpc) is 3.00. The van der Waals surface area contributed by atoms with Gasteiger partial charge in [0.05, 0.1) is 5.69 Å². The fourth-order valence-corrected chi connectivity index (χ4v) is 3.17. The number of aryl methyl sites for hydroxylation is 3. The molecule has 0 bridgehead atoms. The maximum atomic E-state index is 12.3. The number of hydrogen-bond donors (Lipinski definition) is 0. The van der Waals surface area contributed by atoms with Crippen molar-refractivity contribution in [3.05, 3.63) is 75.2 Å². The molecule has 3 aromatic rings. The number of benzene rings is 2. The van der Waals surface area contributed by atoms with Crippen molar-refractivity contribution in [2.24, 2.45) is 7.05 Å². The van der Waals surface area contributed by atoms with Crippen LogP contribution in [0.25, 0.3) is 11.3 Å². The normalized spacial score (nSPS) is 11.7. The lowest BCUT2D eigenvalue weighted by atomic mass is 10.0. The third-order valence-corrected chi connectivity index (χ3v) is 4.85. The van der Waals surface area contributed by atoms with Gasteiger partial charge in [-0.05, 0) is 78.1 Å². The molecule has 0 unspecified atom stereocenters. The lowest BCUT2D eigenvalue weighted by molar-refractivity contribution is 0.302. The minimum absolute atomic E-state index is 0.287. The Morgan fingerprint density at radius 1 is 1.14 bits per heavy atom. The number of nitrogens with zero attached hydrogens (tertiary/aromatic N) is 4. The fourth-order valence-electron chi connectivity index (χ4n) is 3.17. The summed E-state index contributed by atoms with van der Waals surface area (Å²) in [6, 6.07) is 12.0. The van der Waals surface area contributed by atoms with Crippen molar-refractivity contribution in [1.82, 2.24) is 19.8 Å². The molecule has 3 rings (SSSR count). The largest absolute Gasteiger partial charge is 0.489 e. The van der Waals surface area contributed by atoms with E-state index < -0.39 is 0 Å². The van der Waals surface area contributed by atoms with Crippen molar-refractivity contribution in [2.75, 3.05) is 0 Å². The second-order valence-corrected chi connectivity index (χ2v) is 6.93. The summed E-state index contributed by atoms with van der Waals surface area (Å²) < 4.78 is 8.63. The van der Waals surface area contributed by atoms with Crippen LogP contribution in [0.15, 0.2) is 47.3 Å². The van der Waals surface area contributed by atoms with E-state index in [0.29, 0.717) is 12.3 Å². The quantitative estimate of drug-likeness (QED) is 0.651. The summed E-state index contributed by atoms with van der Waals surface area (Å²) in [5.41, 5.74) is 5.89. The van der Waals surface area contributed by atoms with Crippen LogP contribution in [0.4, 0.5) is 0 Å². The number of aromatic nitrogens is 4. The van der Waals surface area contributed by atoms with Crippen LogP contribution in [0.2, 0.25) is 0 Å². The minimum Gasteiger partial charge on any atom is -0.489 e. The molecule has 0 spiro atoms. The molecule has 0 N–H and O–H groups in total. The van der Waals surface area contributed by atoms with Gasteiger partial charge in [-0.25, -0.2) is 4.79 Å². The van der Waals surface area contributed by atoms with Gasteiger partial charge in [-0.3, -0.25) is 0 Å². The summed E-state index contributed by atoms with van der Waals surface area (Å²) in [7, 11) is 1.58. The van der Waals surface area contributed by atoms with Crippen LogP contribution in [0.5, 0.6) is 5.75 Å². The van der Waals surface area contributed by atoms with E-state index in [0.717, 1.165) is 28.9 Å². The van der Waals surface area contributed by atoms with Crippen molar-refractivity contribution in [3.63, 3.8) is 0 Å². The predicted molar refractivity (Wildman–Crippen MR) is 111 cm³/mol. The van der Waals surface area contributed by atoms with Gasteiger partial charge in [0, 0.05) is 12.6 Å². The number of ether oxygens (including phenoxy) is 1. The zero-order valence-electron chi connectivity index (χ0n) is 17.1. The first kappa shape index (κ1) is 19.6. The first-order valence-electron chi connectivity index (χ1n) is 9.40. The third-order valence-electron chi connectivity index (χ3n) is 4.85. The van der Waals surface area contributed by atoms with Crippen molar-refractivity contribution in [3.8, 4) is 11.4 Å². The first-order chi connectivity index (χ1) is 13.4. The topological polar surface area (TPSA) is 61.9 Å².